The number of carbonyl (C=O) groups excluding carboxylic acids is 3. The van der Waals surface area contributed by atoms with E-state index in [4.69, 9.17) is 10.5 Å². The van der Waals surface area contributed by atoms with Gasteiger partial charge < -0.3 is 21.1 Å². The number of rotatable bonds is 9. The van der Waals surface area contributed by atoms with E-state index in [1.807, 2.05) is 54.8 Å². The van der Waals surface area contributed by atoms with Gasteiger partial charge in [-0.3, -0.25) is 4.79 Å². The summed E-state index contributed by atoms with van der Waals surface area (Å²) in [4.78, 5) is 36.1. The zero-order valence-corrected chi connectivity index (χ0v) is 17.2. The van der Waals surface area contributed by atoms with Crippen LogP contribution in [0.1, 0.15) is 13.3 Å². The lowest BCUT2D eigenvalue weighted by molar-refractivity contribution is -0.155. The molecule has 7 nitrogen and oxygen atoms in total. The zero-order valence-electron chi connectivity index (χ0n) is 16.4. The Kier molecular flexibility index (Phi) is 8.54. The molecule has 0 aromatic heterocycles. The third-order valence-electron chi connectivity index (χ3n) is 4.14. The van der Waals surface area contributed by atoms with Gasteiger partial charge in [0.25, 0.3) is 5.91 Å². The zero-order chi connectivity index (χ0) is 21.2. The van der Waals surface area contributed by atoms with Crippen LogP contribution in [0.2, 0.25) is 0 Å². The first-order chi connectivity index (χ1) is 13.9. The molecule has 0 aliphatic heterocycles. The number of para-hydroxylation sites is 1. The van der Waals surface area contributed by atoms with Gasteiger partial charge in [-0.25, -0.2) is 9.59 Å². The maximum Gasteiger partial charge on any atom is 0.329 e. The lowest BCUT2D eigenvalue weighted by atomic mass is 10.0. The lowest BCUT2D eigenvalue weighted by Crippen LogP contribution is -2.46. The van der Waals surface area contributed by atoms with Crippen molar-refractivity contribution in [1.82, 2.24) is 5.32 Å². The molecule has 2 aromatic rings. The number of carbonyl (C=O) groups is 3. The standard InChI is InChI=1S/C21H25N3O4S/c1-14(28-20(26)18(12-13-29-2)24-21(22)27)19(25)23-17-11-7-6-10-16(17)15-8-4-3-5-9-15/h3-11,14,18H,12-13H2,1-2H3,(H,23,25)(H3,22,24,27)/t14-,18+/m1/s1. The maximum atomic E-state index is 12.6. The first-order valence-corrected chi connectivity index (χ1v) is 10.5. The molecular weight excluding hydrogens is 390 g/mol. The summed E-state index contributed by atoms with van der Waals surface area (Å²) >= 11 is 1.52. The topological polar surface area (TPSA) is 111 Å². The van der Waals surface area contributed by atoms with E-state index < -0.39 is 30.1 Å². The average molecular weight is 416 g/mol. The first-order valence-electron chi connectivity index (χ1n) is 9.13. The molecule has 0 unspecified atom stereocenters. The fourth-order valence-corrected chi connectivity index (χ4v) is 3.13. The summed E-state index contributed by atoms with van der Waals surface area (Å²) in [6, 6.07) is 15.3. The highest BCUT2D eigenvalue weighted by Gasteiger charge is 2.26. The van der Waals surface area contributed by atoms with Crippen LogP contribution in [0.25, 0.3) is 11.1 Å². The Morgan fingerprint density at radius 3 is 2.38 bits per heavy atom. The monoisotopic (exact) mass is 415 g/mol. The summed E-state index contributed by atoms with van der Waals surface area (Å²) in [5, 5.41) is 5.16. The largest absolute Gasteiger partial charge is 0.451 e. The number of amides is 3. The molecule has 0 saturated heterocycles. The van der Waals surface area contributed by atoms with Gasteiger partial charge in [0, 0.05) is 11.3 Å². The molecule has 0 saturated carbocycles. The number of hydrogen-bond acceptors (Lipinski definition) is 5. The van der Waals surface area contributed by atoms with Crippen LogP contribution < -0.4 is 16.4 Å². The van der Waals surface area contributed by atoms with E-state index in [1.54, 1.807) is 6.07 Å². The quantitative estimate of drug-likeness (QED) is 0.545. The highest BCUT2D eigenvalue weighted by Crippen LogP contribution is 2.27. The Hall–Kier alpha value is -3.00. The molecule has 0 radical (unpaired) electrons. The Morgan fingerprint density at radius 1 is 1.07 bits per heavy atom. The predicted molar refractivity (Wildman–Crippen MR) is 116 cm³/mol. The highest BCUT2D eigenvalue weighted by molar-refractivity contribution is 7.98. The van der Waals surface area contributed by atoms with Crippen molar-refractivity contribution in [2.45, 2.75) is 25.5 Å². The number of hydrogen-bond donors (Lipinski definition) is 3. The summed E-state index contributed by atoms with van der Waals surface area (Å²) in [5.41, 5.74) is 7.54. The molecule has 29 heavy (non-hydrogen) atoms. The van der Waals surface area contributed by atoms with Crippen LogP contribution in [0.15, 0.2) is 54.6 Å². The van der Waals surface area contributed by atoms with Crippen molar-refractivity contribution in [1.29, 1.82) is 0 Å². The number of nitrogens with one attached hydrogen (secondary N) is 2. The maximum absolute atomic E-state index is 12.6. The number of ether oxygens (including phenoxy) is 1. The van der Waals surface area contributed by atoms with Crippen LogP contribution in [-0.4, -0.2) is 42.1 Å². The fourth-order valence-electron chi connectivity index (χ4n) is 2.66. The molecule has 2 atom stereocenters. The minimum atomic E-state index is -1.04. The van der Waals surface area contributed by atoms with Gasteiger partial charge in [-0.15, -0.1) is 0 Å². The van der Waals surface area contributed by atoms with Gasteiger partial charge in [0.15, 0.2) is 6.10 Å². The van der Waals surface area contributed by atoms with Gasteiger partial charge in [-0.1, -0.05) is 48.5 Å². The Morgan fingerprint density at radius 2 is 1.72 bits per heavy atom. The molecule has 0 aliphatic carbocycles. The lowest BCUT2D eigenvalue weighted by Gasteiger charge is -2.20. The van der Waals surface area contributed by atoms with Gasteiger partial charge in [0.1, 0.15) is 6.04 Å². The van der Waals surface area contributed by atoms with E-state index in [1.165, 1.54) is 18.7 Å². The van der Waals surface area contributed by atoms with Crippen molar-refractivity contribution in [3.8, 4) is 11.1 Å². The van der Waals surface area contributed by atoms with Crippen molar-refractivity contribution >= 4 is 35.4 Å². The predicted octanol–water partition coefficient (Wildman–Crippen LogP) is 3.01. The Balaban J connectivity index is 2.05. The summed E-state index contributed by atoms with van der Waals surface area (Å²) in [7, 11) is 0. The van der Waals surface area contributed by atoms with Crippen molar-refractivity contribution in [2.75, 3.05) is 17.3 Å². The van der Waals surface area contributed by atoms with Gasteiger partial charge in [-0.2, -0.15) is 11.8 Å². The number of urea groups is 1. The molecule has 8 heteroatoms. The molecule has 4 N–H and O–H groups in total. The number of thioether (sulfide) groups is 1. The molecule has 154 valence electrons. The highest BCUT2D eigenvalue weighted by atomic mass is 32.2. The molecule has 3 amide bonds. The van der Waals surface area contributed by atoms with Crippen molar-refractivity contribution < 1.29 is 19.1 Å². The summed E-state index contributed by atoms with van der Waals surface area (Å²) in [6.07, 6.45) is 1.19. The first kappa shape index (κ1) is 22.3. The van der Waals surface area contributed by atoms with Crippen molar-refractivity contribution in [3.63, 3.8) is 0 Å². The Bertz CT molecular complexity index is 845. The van der Waals surface area contributed by atoms with Gasteiger partial charge in [-0.05, 0) is 37.0 Å². The van der Waals surface area contributed by atoms with Crippen LogP contribution in [0.3, 0.4) is 0 Å². The van der Waals surface area contributed by atoms with E-state index in [0.29, 0.717) is 17.9 Å². The molecule has 2 rings (SSSR count). The van der Waals surface area contributed by atoms with E-state index in [2.05, 4.69) is 10.6 Å². The number of nitrogens with two attached hydrogens (primary N) is 1. The molecule has 0 heterocycles. The van der Waals surface area contributed by atoms with Gasteiger partial charge in [0.2, 0.25) is 0 Å². The number of benzene rings is 2. The molecular formula is C21H25N3O4S. The van der Waals surface area contributed by atoms with E-state index in [9.17, 15) is 14.4 Å². The average Bonchev–Trinajstić information content (AvgIpc) is 2.71. The van der Waals surface area contributed by atoms with Crippen LogP contribution in [0, 0.1) is 0 Å². The smallest absolute Gasteiger partial charge is 0.329 e. The van der Waals surface area contributed by atoms with E-state index in [-0.39, 0.29) is 0 Å². The number of anilines is 1. The molecule has 0 spiro atoms. The summed E-state index contributed by atoms with van der Waals surface area (Å²) < 4.78 is 5.26. The van der Waals surface area contributed by atoms with Crippen LogP contribution in [-0.2, 0) is 14.3 Å². The third-order valence-corrected chi connectivity index (χ3v) is 4.79. The SMILES string of the molecule is CSCC[C@H](NC(N)=O)C(=O)O[C@H](C)C(=O)Nc1ccccc1-c1ccccc1. The Labute approximate surface area is 174 Å². The molecule has 2 aromatic carbocycles. The second-order valence-electron chi connectivity index (χ2n) is 6.32. The second-order valence-corrected chi connectivity index (χ2v) is 7.31. The number of primary amides is 1. The van der Waals surface area contributed by atoms with Crippen molar-refractivity contribution in [2.24, 2.45) is 5.73 Å². The van der Waals surface area contributed by atoms with Gasteiger partial charge in [0.05, 0.1) is 0 Å². The van der Waals surface area contributed by atoms with Crippen LogP contribution in [0.4, 0.5) is 10.5 Å². The summed E-state index contributed by atoms with van der Waals surface area (Å²) in [5.74, 6) is -0.535. The van der Waals surface area contributed by atoms with Crippen LogP contribution in [0.5, 0.6) is 0 Å². The molecule has 0 aliphatic rings. The van der Waals surface area contributed by atoms with E-state index in [0.717, 1.165) is 11.1 Å². The third kappa shape index (κ3) is 6.83. The van der Waals surface area contributed by atoms with Crippen molar-refractivity contribution in [3.05, 3.63) is 54.6 Å². The summed E-state index contributed by atoms with van der Waals surface area (Å²) in [6.45, 7) is 1.48. The fraction of sp³-hybridized carbons (Fsp3) is 0.286. The van der Waals surface area contributed by atoms with Gasteiger partial charge >= 0.3 is 12.0 Å². The minimum Gasteiger partial charge on any atom is -0.451 e. The minimum absolute atomic E-state index is 0.355. The second kappa shape index (κ2) is 11.1. The normalized spacial score (nSPS) is 12.5. The van der Waals surface area contributed by atoms with E-state index >= 15 is 0 Å². The van der Waals surface area contributed by atoms with Crippen LogP contribution >= 0.6 is 11.8 Å². The molecule has 0 fully saturated rings. The number of esters is 1. The molecule has 0 bridgehead atoms.